The smallest absolute Gasteiger partial charge is 0.0807 e. The third-order valence-electron chi connectivity index (χ3n) is 3.42. The van der Waals surface area contributed by atoms with Gasteiger partial charge in [-0.1, -0.05) is 0 Å². The van der Waals surface area contributed by atoms with Crippen molar-refractivity contribution < 1.29 is 14.6 Å². The van der Waals surface area contributed by atoms with Gasteiger partial charge in [0.1, 0.15) is 0 Å². The summed E-state index contributed by atoms with van der Waals surface area (Å²) in [6.07, 6.45) is 8.10. The van der Waals surface area contributed by atoms with Crippen molar-refractivity contribution in [3.63, 3.8) is 0 Å². The van der Waals surface area contributed by atoms with Crippen LogP contribution in [0.3, 0.4) is 0 Å². The highest BCUT2D eigenvalue weighted by Crippen LogP contribution is 2.30. The highest BCUT2D eigenvalue weighted by molar-refractivity contribution is 5.28. The highest BCUT2D eigenvalue weighted by atomic mass is 16.5. The van der Waals surface area contributed by atoms with E-state index in [1.54, 1.807) is 7.11 Å². The van der Waals surface area contributed by atoms with Gasteiger partial charge < -0.3 is 19.1 Å². The Balaban J connectivity index is 1.73. The zero-order chi connectivity index (χ0) is 12.8. The van der Waals surface area contributed by atoms with Crippen molar-refractivity contribution in [3.05, 3.63) is 23.5 Å². The maximum absolute atomic E-state index is 9.89. The van der Waals surface area contributed by atoms with Gasteiger partial charge in [0.05, 0.1) is 19.3 Å². The molecule has 1 aliphatic rings. The molecular formula is C14H23NO3. The number of aryl methyl sites for hydroxylation is 2. The van der Waals surface area contributed by atoms with Gasteiger partial charge in [-0.25, -0.2) is 0 Å². The molecule has 1 atom stereocenters. The number of aliphatic hydroxyl groups is 1. The van der Waals surface area contributed by atoms with Crippen LogP contribution in [0, 0.1) is 0 Å². The number of methoxy groups -OCH3 is 1. The van der Waals surface area contributed by atoms with Crippen molar-refractivity contribution in [2.75, 3.05) is 26.9 Å². The zero-order valence-electron chi connectivity index (χ0n) is 11.1. The van der Waals surface area contributed by atoms with Crippen molar-refractivity contribution in [3.8, 4) is 0 Å². The number of hydrogen-bond acceptors (Lipinski definition) is 3. The third-order valence-corrected chi connectivity index (χ3v) is 3.42. The second-order valence-electron chi connectivity index (χ2n) is 4.84. The molecule has 18 heavy (non-hydrogen) atoms. The van der Waals surface area contributed by atoms with E-state index in [2.05, 4.69) is 17.0 Å². The third kappa shape index (κ3) is 3.57. The summed E-state index contributed by atoms with van der Waals surface area (Å²) in [5.41, 5.74) is 2.44. The normalized spacial score (nSPS) is 18.9. The fraction of sp³-hybridized carbons (Fsp3) is 0.714. The van der Waals surface area contributed by atoms with Crippen LogP contribution in [0.15, 0.2) is 12.4 Å². The van der Waals surface area contributed by atoms with Gasteiger partial charge >= 0.3 is 0 Å². The molecule has 0 aliphatic heterocycles. The van der Waals surface area contributed by atoms with Crippen LogP contribution >= 0.6 is 0 Å². The summed E-state index contributed by atoms with van der Waals surface area (Å²) in [6.45, 7) is 3.03. The van der Waals surface area contributed by atoms with E-state index in [1.807, 2.05) is 0 Å². The van der Waals surface area contributed by atoms with E-state index in [0.29, 0.717) is 13.2 Å². The van der Waals surface area contributed by atoms with Crippen molar-refractivity contribution in [1.82, 2.24) is 4.57 Å². The summed E-state index contributed by atoms with van der Waals surface area (Å²) in [7, 11) is 1.68. The Bertz CT molecular complexity index is 362. The van der Waals surface area contributed by atoms with Crippen molar-refractivity contribution >= 4 is 0 Å². The van der Waals surface area contributed by atoms with Gasteiger partial charge in [0, 0.05) is 38.2 Å². The van der Waals surface area contributed by atoms with E-state index in [4.69, 9.17) is 9.47 Å². The lowest BCUT2D eigenvalue weighted by molar-refractivity contribution is 0.0680. The molecule has 4 nitrogen and oxygen atoms in total. The molecule has 1 aromatic rings. The monoisotopic (exact) mass is 253 g/mol. The molecule has 4 heteroatoms. The predicted molar refractivity (Wildman–Crippen MR) is 69.6 cm³/mol. The van der Waals surface area contributed by atoms with Gasteiger partial charge in [0.25, 0.3) is 0 Å². The molecule has 1 N–H and O–H groups in total. The molecule has 1 aromatic heterocycles. The van der Waals surface area contributed by atoms with Crippen LogP contribution in [0.25, 0.3) is 0 Å². The van der Waals surface area contributed by atoms with Crippen molar-refractivity contribution in [2.24, 2.45) is 0 Å². The van der Waals surface area contributed by atoms with Crippen LogP contribution in [0.5, 0.6) is 0 Å². The van der Waals surface area contributed by atoms with E-state index in [0.717, 1.165) is 44.4 Å². The first-order chi connectivity index (χ1) is 8.81. The molecule has 1 heterocycles. The Morgan fingerprint density at radius 2 is 2.22 bits per heavy atom. The molecule has 1 unspecified atom stereocenters. The van der Waals surface area contributed by atoms with E-state index in [-0.39, 0.29) is 6.10 Å². The summed E-state index contributed by atoms with van der Waals surface area (Å²) in [5, 5.41) is 9.89. The molecule has 102 valence electrons. The summed E-state index contributed by atoms with van der Waals surface area (Å²) < 4.78 is 12.5. The number of hydrogen-bond donors (Lipinski definition) is 1. The van der Waals surface area contributed by atoms with Crippen molar-refractivity contribution in [1.29, 1.82) is 0 Å². The summed E-state index contributed by atoms with van der Waals surface area (Å²) in [6, 6.07) is 0. The van der Waals surface area contributed by atoms with E-state index in [9.17, 15) is 5.11 Å². The number of aromatic nitrogens is 1. The SMILES string of the molecule is COCCOCCCn1cc2c(c1)C(O)CCC2. The molecule has 0 saturated carbocycles. The van der Waals surface area contributed by atoms with Gasteiger partial charge in [-0.15, -0.1) is 0 Å². The van der Waals surface area contributed by atoms with E-state index >= 15 is 0 Å². The standard InChI is InChI=1S/C14H23NO3/c1-17-8-9-18-7-3-6-15-10-12-4-2-5-14(16)13(12)11-15/h10-11,14,16H,2-9H2,1H3. The van der Waals surface area contributed by atoms with E-state index < -0.39 is 0 Å². The molecule has 0 bridgehead atoms. The zero-order valence-corrected chi connectivity index (χ0v) is 11.1. The molecule has 0 amide bonds. The van der Waals surface area contributed by atoms with E-state index in [1.165, 1.54) is 5.56 Å². The molecule has 0 aromatic carbocycles. The lowest BCUT2D eigenvalue weighted by Crippen LogP contribution is -2.06. The minimum atomic E-state index is -0.257. The van der Waals surface area contributed by atoms with Crippen LogP contribution in [0.2, 0.25) is 0 Å². The Morgan fingerprint density at radius 3 is 3.00 bits per heavy atom. The molecule has 0 radical (unpaired) electrons. The molecule has 0 spiro atoms. The fourth-order valence-corrected chi connectivity index (χ4v) is 2.45. The van der Waals surface area contributed by atoms with Gasteiger partial charge in [0.2, 0.25) is 0 Å². The molecule has 0 saturated heterocycles. The minimum Gasteiger partial charge on any atom is -0.388 e. The lowest BCUT2D eigenvalue weighted by atomic mass is 9.93. The highest BCUT2D eigenvalue weighted by Gasteiger charge is 2.19. The predicted octanol–water partition coefficient (Wildman–Crippen LogP) is 1.91. The number of ether oxygens (including phenoxy) is 2. The van der Waals surface area contributed by atoms with Gasteiger partial charge in [0.15, 0.2) is 0 Å². The Kier molecular flexibility index (Phi) is 5.23. The second kappa shape index (κ2) is 6.92. The first-order valence-corrected chi connectivity index (χ1v) is 6.74. The maximum atomic E-state index is 9.89. The average Bonchev–Trinajstić information content (AvgIpc) is 2.78. The maximum Gasteiger partial charge on any atom is 0.0807 e. The summed E-state index contributed by atoms with van der Waals surface area (Å²) >= 11 is 0. The topological polar surface area (TPSA) is 43.6 Å². The quantitative estimate of drug-likeness (QED) is 0.755. The first-order valence-electron chi connectivity index (χ1n) is 6.74. The number of fused-ring (bicyclic) bond motifs is 1. The first kappa shape index (κ1) is 13.6. The fourth-order valence-electron chi connectivity index (χ4n) is 2.45. The van der Waals surface area contributed by atoms with Gasteiger partial charge in [-0.2, -0.15) is 0 Å². The minimum absolute atomic E-state index is 0.257. The van der Waals surface area contributed by atoms with Crippen molar-refractivity contribution in [2.45, 2.75) is 38.3 Å². The second-order valence-corrected chi connectivity index (χ2v) is 4.84. The van der Waals surface area contributed by atoms with Gasteiger partial charge in [-0.05, 0) is 31.2 Å². The van der Waals surface area contributed by atoms with Crippen LogP contribution in [0.1, 0.15) is 36.5 Å². The van der Waals surface area contributed by atoms with Crippen LogP contribution in [0.4, 0.5) is 0 Å². The summed E-state index contributed by atoms with van der Waals surface area (Å²) in [4.78, 5) is 0. The van der Waals surface area contributed by atoms with Crippen LogP contribution in [-0.2, 0) is 22.4 Å². The molecular weight excluding hydrogens is 230 g/mol. The summed E-state index contributed by atoms with van der Waals surface area (Å²) in [5.74, 6) is 0. The number of rotatable bonds is 7. The Hall–Kier alpha value is -0.840. The Labute approximate surface area is 109 Å². The largest absolute Gasteiger partial charge is 0.388 e. The molecule has 0 fully saturated rings. The number of nitrogens with zero attached hydrogens (tertiary/aromatic N) is 1. The average molecular weight is 253 g/mol. The lowest BCUT2D eigenvalue weighted by Gasteiger charge is -2.16. The Morgan fingerprint density at radius 1 is 1.33 bits per heavy atom. The number of aliphatic hydroxyl groups excluding tert-OH is 1. The van der Waals surface area contributed by atoms with Gasteiger partial charge in [-0.3, -0.25) is 0 Å². The molecule has 1 aliphatic carbocycles. The molecule has 2 rings (SSSR count). The van der Waals surface area contributed by atoms with Crippen LogP contribution < -0.4 is 0 Å². The van der Waals surface area contributed by atoms with Crippen LogP contribution in [-0.4, -0.2) is 36.6 Å².